The normalized spacial score (nSPS) is 11.9. The highest BCUT2D eigenvalue weighted by Gasteiger charge is 2.19. The summed E-state index contributed by atoms with van der Waals surface area (Å²) in [7, 11) is -3.43. The number of rotatable bonds is 7. The fourth-order valence-corrected chi connectivity index (χ4v) is 2.70. The minimum Gasteiger partial charge on any atom is -0.329 e. The van der Waals surface area contributed by atoms with Gasteiger partial charge >= 0.3 is 0 Å². The van der Waals surface area contributed by atoms with Gasteiger partial charge in [-0.2, -0.15) is 12.7 Å². The van der Waals surface area contributed by atoms with Gasteiger partial charge in [0, 0.05) is 26.2 Å². The van der Waals surface area contributed by atoms with E-state index in [0.29, 0.717) is 26.2 Å². The lowest BCUT2D eigenvalue weighted by molar-refractivity contribution is 0.406. The predicted octanol–water partition coefficient (Wildman–Crippen LogP) is 0.302. The van der Waals surface area contributed by atoms with Crippen LogP contribution in [-0.2, 0) is 16.8 Å². The zero-order chi connectivity index (χ0) is 12.7. The number of nitrogens with one attached hydrogen (secondary N) is 1. The van der Waals surface area contributed by atoms with Gasteiger partial charge in [0.1, 0.15) is 0 Å². The molecule has 1 rings (SSSR count). The highest BCUT2D eigenvalue weighted by Crippen LogP contribution is 2.07. The SMILES string of the molecule is CCNS(=O)(=O)N(CCN)Cc1ccccc1. The molecule has 0 radical (unpaired) electrons. The highest BCUT2D eigenvalue weighted by atomic mass is 32.2. The Balaban J connectivity index is 2.80. The third-order valence-electron chi connectivity index (χ3n) is 2.25. The molecule has 0 spiro atoms. The van der Waals surface area contributed by atoms with Crippen LogP contribution in [0.15, 0.2) is 30.3 Å². The van der Waals surface area contributed by atoms with Gasteiger partial charge in [0.2, 0.25) is 0 Å². The van der Waals surface area contributed by atoms with Crippen LogP contribution in [0.4, 0.5) is 0 Å². The van der Waals surface area contributed by atoms with Gasteiger partial charge in [-0.15, -0.1) is 0 Å². The summed E-state index contributed by atoms with van der Waals surface area (Å²) < 4.78 is 27.6. The zero-order valence-corrected chi connectivity index (χ0v) is 10.8. The molecule has 96 valence electrons. The summed E-state index contributed by atoms with van der Waals surface area (Å²) in [6, 6.07) is 9.46. The summed E-state index contributed by atoms with van der Waals surface area (Å²) in [6.07, 6.45) is 0. The Morgan fingerprint density at radius 3 is 2.47 bits per heavy atom. The van der Waals surface area contributed by atoms with Gasteiger partial charge in [0.15, 0.2) is 0 Å². The Kier molecular flexibility index (Phi) is 5.57. The molecule has 0 fully saturated rings. The van der Waals surface area contributed by atoms with E-state index < -0.39 is 10.2 Å². The monoisotopic (exact) mass is 257 g/mol. The van der Waals surface area contributed by atoms with Crippen LogP contribution in [0.1, 0.15) is 12.5 Å². The third-order valence-corrected chi connectivity index (χ3v) is 3.89. The van der Waals surface area contributed by atoms with Gasteiger partial charge in [-0.1, -0.05) is 37.3 Å². The van der Waals surface area contributed by atoms with Gasteiger partial charge in [-0.05, 0) is 5.56 Å². The molecule has 0 aromatic heterocycles. The van der Waals surface area contributed by atoms with E-state index in [1.54, 1.807) is 6.92 Å². The summed E-state index contributed by atoms with van der Waals surface area (Å²) in [6.45, 7) is 3.08. The summed E-state index contributed by atoms with van der Waals surface area (Å²) in [4.78, 5) is 0. The van der Waals surface area contributed by atoms with Crippen LogP contribution < -0.4 is 10.5 Å². The molecule has 5 nitrogen and oxygen atoms in total. The zero-order valence-electron chi connectivity index (χ0n) is 9.96. The second-order valence-corrected chi connectivity index (χ2v) is 5.37. The van der Waals surface area contributed by atoms with Gasteiger partial charge in [-0.3, -0.25) is 0 Å². The fourth-order valence-electron chi connectivity index (χ4n) is 1.49. The Morgan fingerprint density at radius 1 is 1.29 bits per heavy atom. The Labute approximate surface area is 103 Å². The van der Waals surface area contributed by atoms with Crippen LogP contribution in [0.5, 0.6) is 0 Å². The van der Waals surface area contributed by atoms with Crippen molar-refractivity contribution in [2.75, 3.05) is 19.6 Å². The van der Waals surface area contributed by atoms with Crippen LogP contribution in [0.3, 0.4) is 0 Å². The summed E-state index contributed by atoms with van der Waals surface area (Å²) >= 11 is 0. The molecule has 0 amide bonds. The predicted molar refractivity (Wildman–Crippen MR) is 68.5 cm³/mol. The lowest BCUT2D eigenvalue weighted by Gasteiger charge is -2.21. The quantitative estimate of drug-likeness (QED) is 0.738. The maximum atomic E-state index is 11.9. The number of hydrogen-bond acceptors (Lipinski definition) is 3. The van der Waals surface area contributed by atoms with Crippen LogP contribution in [0, 0.1) is 0 Å². The van der Waals surface area contributed by atoms with Crippen molar-refractivity contribution in [1.29, 1.82) is 0 Å². The average molecular weight is 257 g/mol. The smallest absolute Gasteiger partial charge is 0.279 e. The second-order valence-electron chi connectivity index (χ2n) is 3.61. The summed E-state index contributed by atoms with van der Waals surface area (Å²) in [5.74, 6) is 0. The molecule has 0 aliphatic carbocycles. The van der Waals surface area contributed by atoms with Crippen molar-refractivity contribution in [3.05, 3.63) is 35.9 Å². The average Bonchev–Trinajstić information content (AvgIpc) is 2.30. The van der Waals surface area contributed by atoms with E-state index in [4.69, 9.17) is 5.73 Å². The van der Waals surface area contributed by atoms with Crippen molar-refractivity contribution in [2.45, 2.75) is 13.5 Å². The number of nitrogens with two attached hydrogens (primary N) is 1. The van der Waals surface area contributed by atoms with E-state index in [0.717, 1.165) is 5.56 Å². The molecule has 0 bridgehead atoms. The van der Waals surface area contributed by atoms with E-state index in [-0.39, 0.29) is 0 Å². The Morgan fingerprint density at radius 2 is 1.94 bits per heavy atom. The lowest BCUT2D eigenvalue weighted by atomic mass is 10.2. The van der Waals surface area contributed by atoms with Crippen LogP contribution >= 0.6 is 0 Å². The highest BCUT2D eigenvalue weighted by molar-refractivity contribution is 7.87. The van der Waals surface area contributed by atoms with Gasteiger partial charge < -0.3 is 5.73 Å². The summed E-state index contributed by atoms with van der Waals surface area (Å²) in [5, 5.41) is 0. The van der Waals surface area contributed by atoms with Crippen LogP contribution in [0.25, 0.3) is 0 Å². The first-order valence-electron chi connectivity index (χ1n) is 5.59. The minimum atomic E-state index is -3.43. The molecular formula is C11H19N3O2S. The van der Waals surface area contributed by atoms with Crippen molar-refractivity contribution in [1.82, 2.24) is 9.03 Å². The van der Waals surface area contributed by atoms with E-state index in [1.807, 2.05) is 30.3 Å². The van der Waals surface area contributed by atoms with Gasteiger partial charge in [0.25, 0.3) is 10.2 Å². The molecule has 0 saturated heterocycles. The second kappa shape index (κ2) is 6.70. The number of nitrogens with zero attached hydrogens (tertiary/aromatic N) is 1. The summed E-state index contributed by atoms with van der Waals surface area (Å²) in [5.41, 5.74) is 6.39. The molecule has 0 atom stereocenters. The van der Waals surface area contributed by atoms with Crippen LogP contribution in [-0.4, -0.2) is 32.4 Å². The Bertz CT molecular complexity index is 420. The standard InChI is InChI=1S/C11H19N3O2S/c1-2-13-17(15,16)14(9-8-12)10-11-6-4-3-5-7-11/h3-7,13H,2,8-10,12H2,1H3. The van der Waals surface area contributed by atoms with Crippen molar-refractivity contribution in [3.63, 3.8) is 0 Å². The molecule has 0 aliphatic heterocycles. The molecule has 0 heterocycles. The fraction of sp³-hybridized carbons (Fsp3) is 0.455. The first-order chi connectivity index (χ1) is 8.10. The molecule has 0 saturated carbocycles. The first kappa shape index (κ1) is 14.1. The van der Waals surface area contributed by atoms with Gasteiger partial charge in [-0.25, -0.2) is 4.72 Å². The Hall–Kier alpha value is -0.950. The van der Waals surface area contributed by atoms with Crippen molar-refractivity contribution >= 4 is 10.2 Å². The molecular weight excluding hydrogens is 238 g/mol. The molecule has 0 aliphatic rings. The molecule has 6 heteroatoms. The first-order valence-corrected chi connectivity index (χ1v) is 7.03. The van der Waals surface area contributed by atoms with Crippen molar-refractivity contribution in [2.24, 2.45) is 5.73 Å². The molecule has 3 N–H and O–H groups in total. The van der Waals surface area contributed by atoms with Gasteiger partial charge in [0.05, 0.1) is 0 Å². The van der Waals surface area contributed by atoms with E-state index in [1.165, 1.54) is 4.31 Å². The lowest BCUT2D eigenvalue weighted by Crippen LogP contribution is -2.42. The van der Waals surface area contributed by atoms with Crippen molar-refractivity contribution in [3.8, 4) is 0 Å². The minimum absolute atomic E-state index is 0.303. The molecule has 0 unspecified atom stereocenters. The number of benzene rings is 1. The third kappa shape index (κ3) is 4.43. The van der Waals surface area contributed by atoms with Crippen molar-refractivity contribution < 1.29 is 8.42 Å². The molecule has 1 aromatic carbocycles. The molecule has 1 aromatic rings. The molecule has 17 heavy (non-hydrogen) atoms. The number of hydrogen-bond donors (Lipinski definition) is 2. The van der Waals surface area contributed by atoms with Crippen LogP contribution in [0.2, 0.25) is 0 Å². The van der Waals surface area contributed by atoms with E-state index in [9.17, 15) is 8.42 Å². The largest absolute Gasteiger partial charge is 0.329 e. The maximum absolute atomic E-state index is 11.9. The maximum Gasteiger partial charge on any atom is 0.279 e. The van der Waals surface area contributed by atoms with E-state index in [2.05, 4.69) is 4.72 Å². The van der Waals surface area contributed by atoms with E-state index >= 15 is 0 Å². The topological polar surface area (TPSA) is 75.4 Å².